The van der Waals surface area contributed by atoms with E-state index in [-0.39, 0.29) is 25.1 Å². The third-order valence-electron chi connectivity index (χ3n) is 3.87. The Labute approximate surface area is 139 Å². The van der Waals surface area contributed by atoms with E-state index in [0.29, 0.717) is 6.54 Å². The number of para-hydroxylation sites is 1. The van der Waals surface area contributed by atoms with Gasteiger partial charge in [-0.05, 0) is 42.0 Å². The van der Waals surface area contributed by atoms with Gasteiger partial charge in [-0.3, -0.25) is 0 Å². The van der Waals surface area contributed by atoms with E-state index in [9.17, 15) is 4.39 Å². The van der Waals surface area contributed by atoms with Gasteiger partial charge in [-0.1, -0.05) is 18.2 Å². The Morgan fingerprint density at radius 2 is 2.13 bits per heavy atom. The summed E-state index contributed by atoms with van der Waals surface area (Å²) in [5.74, 6) is 1.61. The van der Waals surface area contributed by atoms with Crippen LogP contribution in [0.1, 0.15) is 23.6 Å². The lowest BCUT2D eigenvalue weighted by Gasteiger charge is -2.26. The first-order valence-electron chi connectivity index (χ1n) is 7.75. The van der Waals surface area contributed by atoms with Gasteiger partial charge in [0.05, 0.1) is 6.61 Å². The second-order valence-corrected chi connectivity index (χ2v) is 6.57. The molecule has 2 aromatic carbocycles. The molecule has 0 spiro atoms. The van der Waals surface area contributed by atoms with Gasteiger partial charge >= 0.3 is 0 Å². The molecule has 2 aromatic rings. The van der Waals surface area contributed by atoms with Crippen LogP contribution in [0, 0.1) is 5.82 Å². The predicted molar refractivity (Wildman–Crippen MR) is 90.3 cm³/mol. The lowest BCUT2D eigenvalue weighted by molar-refractivity contribution is 0.200. The molecule has 1 unspecified atom stereocenters. The molecule has 5 heteroatoms. The Morgan fingerprint density at radius 3 is 3.00 bits per heavy atom. The van der Waals surface area contributed by atoms with E-state index >= 15 is 0 Å². The number of aliphatic hydroxyl groups excluding tert-OH is 1. The largest absolute Gasteiger partial charge is 0.491 e. The molecule has 1 aliphatic heterocycles. The summed E-state index contributed by atoms with van der Waals surface area (Å²) in [5.41, 5.74) is 2.08. The zero-order chi connectivity index (χ0) is 16.1. The highest BCUT2D eigenvalue weighted by molar-refractivity contribution is 7.99. The van der Waals surface area contributed by atoms with Crippen LogP contribution in [-0.2, 0) is 6.54 Å². The Morgan fingerprint density at radius 1 is 1.26 bits per heavy atom. The zero-order valence-electron chi connectivity index (χ0n) is 12.8. The number of thioether (sulfide) groups is 1. The molecule has 0 saturated heterocycles. The number of ether oxygens (including phenoxy) is 1. The van der Waals surface area contributed by atoms with E-state index in [1.807, 2.05) is 30.3 Å². The molecule has 1 aliphatic rings. The van der Waals surface area contributed by atoms with Crippen molar-refractivity contribution in [1.29, 1.82) is 0 Å². The van der Waals surface area contributed by atoms with Crippen molar-refractivity contribution < 1.29 is 14.2 Å². The molecule has 122 valence electrons. The first-order chi connectivity index (χ1) is 11.3. The van der Waals surface area contributed by atoms with Crippen molar-refractivity contribution in [3.8, 4) is 5.75 Å². The number of halogens is 1. The summed E-state index contributed by atoms with van der Waals surface area (Å²) >= 11 is 1.78. The fourth-order valence-electron chi connectivity index (χ4n) is 2.76. The van der Waals surface area contributed by atoms with E-state index in [2.05, 4.69) is 5.32 Å². The minimum absolute atomic E-state index is 0.00569. The minimum atomic E-state index is -0.190. The zero-order valence-corrected chi connectivity index (χ0v) is 13.6. The highest BCUT2D eigenvalue weighted by Crippen LogP contribution is 2.36. The predicted octanol–water partition coefficient (Wildman–Crippen LogP) is 3.52. The second kappa shape index (κ2) is 7.81. The molecule has 0 aliphatic carbocycles. The molecular weight excluding hydrogens is 313 g/mol. The van der Waals surface area contributed by atoms with Crippen LogP contribution in [0.3, 0.4) is 0 Å². The van der Waals surface area contributed by atoms with E-state index in [0.717, 1.165) is 33.9 Å². The van der Waals surface area contributed by atoms with E-state index in [1.54, 1.807) is 17.8 Å². The number of hydrogen-bond acceptors (Lipinski definition) is 4. The van der Waals surface area contributed by atoms with Crippen LogP contribution in [0.25, 0.3) is 0 Å². The molecule has 1 atom stereocenters. The summed E-state index contributed by atoms with van der Waals surface area (Å²) in [6.07, 6.45) is 0.973. The minimum Gasteiger partial charge on any atom is -0.491 e. The summed E-state index contributed by atoms with van der Waals surface area (Å²) in [7, 11) is 0. The second-order valence-electron chi connectivity index (χ2n) is 5.43. The quantitative estimate of drug-likeness (QED) is 0.849. The lowest BCUT2D eigenvalue weighted by atomic mass is 10.0. The standard InChI is InChI=1S/C18H20FNO2S/c19-14-5-6-18-15(11-14)16(7-10-23-18)20-12-13-3-1-2-4-17(13)22-9-8-21/h1-6,11,16,20-21H,7-10,12H2. The Bertz CT molecular complexity index is 665. The molecule has 0 amide bonds. The smallest absolute Gasteiger partial charge is 0.123 e. The molecule has 0 fully saturated rings. The summed E-state index contributed by atoms with van der Waals surface area (Å²) in [4.78, 5) is 1.15. The van der Waals surface area contributed by atoms with E-state index in [4.69, 9.17) is 9.84 Å². The molecule has 3 rings (SSSR count). The lowest BCUT2D eigenvalue weighted by Crippen LogP contribution is -2.24. The molecule has 23 heavy (non-hydrogen) atoms. The van der Waals surface area contributed by atoms with Gasteiger partial charge in [-0.25, -0.2) is 4.39 Å². The maximum Gasteiger partial charge on any atom is 0.123 e. The van der Waals surface area contributed by atoms with Crippen molar-refractivity contribution in [3.63, 3.8) is 0 Å². The summed E-state index contributed by atoms with van der Waals surface area (Å²) in [6.45, 7) is 0.923. The number of fused-ring (bicyclic) bond motifs is 1. The van der Waals surface area contributed by atoms with Crippen LogP contribution >= 0.6 is 11.8 Å². The fourth-order valence-corrected chi connectivity index (χ4v) is 3.86. The van der Waals surface area contributed by atoms with Crippen LogP contribution in [-0.4, -0.2) is 24.1 Å². The van der Waals surface area contributed by atoms with Crippen molar-refractivity contribution in [2.45, 2.75) is 23.9 Å². The number of nitrogens with one attached hydrogen (secondary N) is 1. The maximum atomic E-state index is 13.6. The van der Waals surface area contributed by atoms with Gasteiger partial charge in [0, 0.05) is 23.0 Å². The molecule has 0 aromatic heterocycles. The Balaban J connectivity index is 1.71. The van der Waals surface area contributed by atoms with Crippen molar-refractivity contribution >= 4 is 11.8 Å². The molecule has 0 bridgehead atoms. The van der Waals surface area contributed by atoms with Crippen LogP contribution in [0.15, 0.2) is 47.4 Å². The van der Waals surface area contributed by atoms with Crippen LogP contribution in [0.4, 0.5) is 4.39 Å². The van der Waals surface area contributed by atoms with Crippen molar-refractivity contribution in [1.82, 2.24) is 5.32 Å². The molecule has 2 N–H and O–H groups in total. The van der Waals surface area contributed by atoms with Gasteiger partial charge < -0.3 is 15.2 Å². The molecular formula is C18H20FNO2S. The average Bonchev–Trinajstić information content (AvgIpc) is 2.59. The molecule has 0 radical (unpaired) electrons. The van der Waals surface area contributed by atoms with Gasteiger partial charge in [0.15, 0.2) is 0 Å². The molecule has 3 nitrogen and oxygen atoms in total. The fraction of sp³-hybridized carbons (Fsp3) is 0.333. The maximum absolute atomic E-state index is 13.6. The van der Waals surface area contributed by atoms with Crippen molar-refractivity contribution in [3.05, 3.63) is 59.4 Å². The van der Waals surface area contributed by atoms with Gasteiger partial charge in [-0.2, -0.15) is 0 Å². The van der Waals surface area contributed by atoms with Gasteiger partial charge in [-0.15, -0.1) is 11.8 Å². The molecule has 1 heterocycles. The van der Waals surface area contributed by atoms with Crippen LogP contribution in [0.5, 0.6) is 5.75 Å². The first-order valence-corrected chi connectivity index (χ1v) is 8.73. The van der Waals surface area contributed by atoms with E-state index < -0.39 is 0 Å². The van der Waals surface area contributed by atoms with Gasteiger partial charge in [0.25, 0.3) is 0 Å². The number of hydrogen-bond donors (Lipinski definition) is 2. The first kappa shape index (κ1) is 16.3. The van der Waals surface area contributed by atoms with Gasteiger partial charge in [0.2, 0.25) is 0 Å². The van der Waals surface area contributed by atoms with Crippen molar-refractivity contribution in [2.24, 2.45) is 0 Å². The summed E-state index contributed by atoms with van der Waals surface area (Å²) in [5, 5.41) is 12.4. The van der Waals surface area contributed by atoms with Crippen LogP contribution in [0.2, 0.25) is 0 Å². The monoisotopic (exact) mass is 333 g/mol. The molecule has 0 saturated carbocycles. The Kier molecular flexibility index (Phi) is 5.54. The summed E-state index contributed by atoms with van der Waals surface area (Å²) < 4.78 is 19.1. The normalized spacial score (nSPS) is 16.9. The van der Waals surface area contributed by atoms with Crippen LogP contribution < -0.4 is 10.1 Å². The SMILES string of the molecule is OCCOc1ccccc1CNC1CCSc2ccc(F)cc21. The third-order valence-corrected chi connectivity index (χ3v) is 4.99. The Hall–Kier alpha value is -1.56. The van der Waals surface area contributed by atoms with Gasteiger partial charge in [0.1, 0.15) is 18.2 Å². The highest BCUT2D eigenvalue weighted by Gasteiger charge is 2.21. The van der Waals surface area contributed by atoms with Crippen molar-refractivity contribution in [2.75, 3.05) is 19.0 Å². The average molecular weight is 333 g/mol. The van der Waals surface area contributed by atoms with E-state index in [1.165, 1.54) is 6.07 Å². The number of benzene rings is 2. The number of aliphatic hydroxyl groups is 1. The highest BCUT2D eigenvalue weighted by atomic mass is 32.2. The summed E-state index contributed by atoms with van der Waals surface area (Å²) in [6, 6.07) is 12.9. The third kappa shape index (κ3) is 4.05. The topological polar surface area (TPSA) is 41.5 Å². The number of rotatable bonds is 6.